The number of benzene rings is 1. The standard InChI is InChI=1S/C18H13ClN2O2S.2H2O.Sc/c1-3-10(2)20-17(22)12-7-8-14(21-18(12)23)15-9-11-5-4-6-13(19)16(11)24-15;;;/h1,3-10H,2H2,(H,20,22)(H,21,23);2*1H2;/q-2;;;/t10-;;;/m0.../s1. The van der Waals surface area contributed by atoms with Gasteiger partial charge in [-0.15, -0.1) is 17.4 Å². The number of aromatic nitrogens is 1. The fraction of sp³-hybridized carbons (Fsp3) is 0.0556. The van der Waals surface area contributed by atoms with Crippen LogP contribution in [-0.4, -0.2) is 27.9 Å². The molecule has 1 aromatic carbocycles. The van der Waals surface area contributed by atoms with E-state index in [1.807, 2.05) is 24.3 Å². The van der Waals surface area contributed by atoms with Crippen molar-refractivity contribution in [2.75, 3.05) is 0 Å². The van der Waals surface area contributed by atoms with Gasteiger partial charge >= 0.3 is 0 Å². The summed E-state index contributed by atoms with van der Waals surface area (Å²) in [4.78, 5) is 27.8. The van der Waals surface area contributed by atoms with Crippen LogP contribution in [0.1, 0.15) is 10.4 Å². The molecule has 2 aromatic heterocycles. The first-order chi connectivity index (χ1) is 11.5. The molecule has 1 radical (unpaired) electrons. The van der Waals surface area contributed by atoms with Crippen molar-refractivity contribution in [3.63, 3.8) is 0 Å². The molecule has 3 aromatic rings. The van der Waals surface area contributed by atoms with E-state index in [4.69, 9.17) is 18.2 Å². The van der Waals surface area contributed by atoms with Crippen molar-refractivity contribution in [2.24, 2.45) is 0 Å². The van der Waals surface area contributed by atoms with Gasteiger partial charge in [0.25, 0.3) is 11.5 Å². The quantitative estimate of drug-likeness (QED) is 0.607. The van der Waals surface area contributed by atoms with Crippen LogP contribution in [0.15, 0.2) is 47.3 Å². The topological polar surface area (TPSA) is 125 Å². The third kappa shape index (κ3) is 5.46. The Labute approximate surface area is 183 Å². The zero-order chi connectivity index (χ0) is 17.3. The number of nitrogens with one attached hydrogen (secondary N) is 2. The van der Waals surface area contributed by atoms with Gasteiger partial charge in [0.05, 0.1) is 20.3 Å². The molecule has 0 unspecified atom stereocenters. The average Bonchev–Trinajstić information content (AvgIpc) is 3.00. The Morgan fingerprint density at radius 3 is 2.59 bits per heavy atom. The zero-order valence-electron chi connectivity index (χ0n) is 14.1. The Bertz CT molecular complexity index is 1000. The van der Waals surface area contributed by atoms with E-state index in [2.05, 4.69) is 17.2 Å². The number of pyridine rings is 1. The summed E-state index contributed by atoms with van der Waals surface area (Å²) in [6.07, 6.45) is 1.24. The fourth-order valence-corrected chi connectivity index (χ4v) is 3.59. The Morgan fingerprint density at radius 1 is 1.30 bits per heavy atom. The summed E-state index contributed by atoms with van der Waals surface area (Å²) >= 11 is 7.66. The fourth-order valence-electron chi connectivity index (χ4n) is 2.25. The SMILES string of the molecule is O.O.[CH-]=C[C@H]([CH2-])NC(=O)c1ccc(-c2cc3cccc(Cl)c3s2)[nH]c1=O.[Sc]. The number of carbonyl (C=O) groups is 1. The molecule has 0 spiro atoms. The second-order valence-corrected chi connectivity index (χ2v) is 6.62. The molecule has 141 valence electrons. The van der Waals surface area contributed by atoms with Crippen molar-refractivity contribution in [3.05, 3.63) is 76.9 Å². The van der Waals surface area contributed by atoms with Crippen LogP contribution in [0.4, 0.5) is 0 Å². The van der Waals surface area contributed by atoms with Gasteiger partial charge in [-0.3, -0.25) is 15.7 Å². The van der Waals surface area contributed by atoms with E-state index < -0.39 is 17.5 Å². The molecule has 0 saturated carbocycles. The van der Waals surface area contributed by atoms with Crippen LogP contribution in [0, 0.1) is 13.5 Å². The van der Waals surface area contributed by atoms with Crippen molar-refractivity contribution in [1.82, 2.24) is 10.3 Å². The summed E-state index contributed by atoms with van der Waals surface area (Å²) in [5, 5.41) is 4.18. The summed E-state index contributed by atoms with van der Waals surface area (Å²) in [6, 6.07) is 10.2. The summed E-state index contributed by atoms with van der Waals surface area (Å²) in [6.45, 7) is 8.90. The number of H-pyrrole nitrogens is 1. The van der Waals surface area contributed by atoms with Crippen LogP contribution in [0.3, 0.4) is 0 Å². The zero-order valence-corrected chi connectivity index (χ0v) is 17.5. The van der Waals surface area contributed by atoms with Crippen molar-refractivity contribution in [2.45, 2.75) is 6.04 Å². The number of hydrogen-bond donors (Lipinski definition) is 2. The number of thiophene rings is 1. The summed E-state index contributed by atoms with van der Waals surface area (Å²) in [7, 11) is 0. The molecule has 0 saturated heterocycles. The second-order valence-electron chi connectivity index (χ2n) is 5.16. The Balaban J connectivity index is 0.00000225. The monoisotopic (exact) mass is 437 g/mol. The van der Waals surface area contributed by atoms with E-state index in [9.17, 15) is 9.59 Å². The number of fused-ring (bicyclic) bond motifs is 1. The Kier molecular flexibility index (Phi) is 10.1. The summed E-state index contributed by atoms with van der Waals surface area (Å²) in [5.41, 5.74) is 0.163. The number of halogens is 1. The van der Waals surface area contributed by atoms with Gasteiger partial charge in [-0.05, 0) is 29.7 Å². The molecule has 0 aliphatic rings. The summed E-state index contributed by atoms with van der Waals surface area (Å²) in [5.74, 6) is -0.524. The molecule has 0 aliphatic heterocycles. The number of rotatable bonds is 4. The smallest absolute Gasteiger partial charge is 0.261 e. The van der Waals surface area contributed by atoms with E-state index in [-0.39, 0.29) is 42.4 Å². The van der Waals surface area contributed by atoms with Gasteiger partial charge in [-0.1, -0.05) is 23.7 Å². The normalized spacial score (nSPS) is 10.7. The molecule has 0 bridgehead atoms. The van der Waals surface area contributed by atoms with Crippen molar-refractivity contribution in [3.8, 4) is 10.6 Å². The van der Waals surface area contributed by atoms with Crippen LogP contribution in [0.5, 0.6) is 0 Å². The third-order valence-corrected chi connectivity index (χ3v) is 5.11. The molecular weight excluding hydrogens is 421 g/mol. The maximum Gasteiger partial charge on any atom is 0.261 e. The maximum absolute atomic E-state index is 12.2. The molecule has 0 aliphatic carbocycles. The molecule has 1 amide bonds. The van der Waals surface area contributed by atoms with Gasteiger partial charge in [0.15, 0.2) is 0 Å². The van der Waals surface area contributed by atoms with E-state index >= 15 is 0 Å². The van der Waals surface area contributed by atoms with Gasteiger partial charge in [-0.25, -0.2) is 0 Å². The van der Waals surface area contributed by atoms with Crippen LogP contribution in [0.2, 0.25) is 5.02 Å². The van der Waals surface area contributed by atoms with Crippen LogP contribution >= 0.6 is 22.9 Å². The third-order valence-electron chi connectivity index (χ3n) is 3.46. The number of amides is 1. The largest absolute Gasteiger partial charge is 0.519 e. The number of aromatic amines is 1. The number of carbonyl (C=O) groups excluding carboxylic acids is 1. The molecule has 0 fully saturated rings. The van der Waals surface area contributed by atoms with Crippen molar-refractivity contribution in [1.29, 1.82) is 0 Å². The van der Waals surface area contributed by atoms with E-state index in [1.54, 1.807) is 6.07 Å². The first-order valence-corrected chi connectivity index (χ1v) is 8.30. The van der Waals surface area contributed by atoms with Crippen molar-refractivity contribution >= 4 is 38.9 Å². The Hall–Kier alpha value is -1.58. The van der Waals surface area contributed by atoms with E-state index in [0.29, 0.717) is 10.7 Å². The predicted octanol–water partition coefficient (Wildman–Crippen LogP) is 2.18. The Morgan fingerprint density at radius 2 is 2.00 bits per heavy atom. The van der Waals surface area contributed by atoms with Crippen LogP contribution < -0.4 is 10.9 Å². The molecular formula is C18H17ClN2O4SSc-2. The van der Waals surface area contributed by atoms with Crippen molar-refractivity contribution < 1.29 is 41.6 Å². The van der Waals surface area contributed by atoms with Gasteiger partial charge in [0, 0.05) is 25.8 Å². The van der Waals surface area contributed by atoms with Crippen LogP contribution in [-0.2, 0) is 25.8 Å². The molecule has 6 nitrogen and oxygen atoms in total. The van der Waals surface area contributed by atoms with Gasteiger partial charge < -0.3 is 34.8 Å². The molecule has 9 heteroatoms. The first kappa shape index (κ1) is 25.4. The van der Waals surface area contributed by atoms with E-state index in [0.717, 1.165) is 15.0 Å². The minimum absolute atomic E-state index is 0. The van der Waals surface area contributed by atoms with E-state index in [1.165, 1.54) is 23.5 Å². The van der Waals surface area contributed by atoms with Gasteiger partial charge in [0.2, 0.25) is 0 Å². The first-order valence-electron chi connectivity index (χ1n) is 7.10. The number of hydrogen-bond acceptors (Lipinski definition) is 3. The molecule has 1 atom stereocenters. The predicted molar refractivity (Wildman–Crippen MR) is 106 cm³/mol. The van der Waals surface area contributed by atoms with Gasteiger partial charge in [-0.2, -0.15) is 0 Å². The molecule has 6 N–H and O–H groups in total. The molecule has 2 heterocycles. The minimum Gasteiger partial charge on any atom is -0.519 e. The second kappa shape index (κ2) is 10.7. The average molecular weight is 438 g/mol. The van der Waals surface area contributed by atoms with Crippen LogP contribution in [0.25, 0.3) is 20.7 Å². The summed E-state index contributed by atoms with van der Waals surface area (Å²) < 4.78 is 0.954. The maximum atomic E-state index is 12.2. The molecule has 27 heavy (non-hydrogen) atoms. The minimum atomic E-state index is -0.568. The van der Waals surface area contributed by atoms with Gasteiger partial charge in [0.1, 0.15) is 5.56 Å². The molecule has 3 rings (SSSR count).